The van der Waals surface area contributed by atoms with Crippen molar-refractivity contribution in [1.82, 2.24) is 15.2 Å². The number of aryl methyl sites for hydroxylation is 1. The number of fused-ring (bicyclic) bond motifs is 1. The van der Waals surface area contributed by atoms with E-state index >= 15 is 0 Å². The van der Waals surface area contributed by atoms with Crippen molar-refractivity contribution in [2.24, 2.45) is 0 Å². The van der Waals surface area contributed by atoms with Gasteiger partial charge >= 0.3 is 0 Å². The Morgan fingerprint density at radius 2 is 2.08 bits per heavy atom. The van der Waals surface area contributed by atoms with Crippen molar-refractivity contribution < 1.29 is 9.21 Å². The predicted molar refractivity (Wildman–Crippen MR) is 105 cm³/mol. The van der Waals surface area contributed by atoms with Crippen LogP contribution in [0.25, 0.3) is 10.2 Å². The van der Waals surface area contributed by atoms with E-state index in [-0.39, 0.29) is 11.9 Å². The number of furan rings is 1. The summed E-state index contributed by atoms with van der Waals surface area (Å²) in [6, 6.07) is 12.1. The first-order valence-electron chi connectivity index (χ1n) is 8.94. The van der Waals surface area contributed by atoms with Crippen molar-refractivity contribution in [2.45, 2.75) is 31.7 Å². The Labute approximate surface area is 158 Å². The first-order chi connectivity index (χ1) is 12.6. The minimum Gasteiger partial charge on any atom is -0.468 e. The number of aromatic nitrogens is 1. The van der Waals surface area contributed by atoms with Gasteiger partial charge in [0.1, 0.15) is 5.76 Å². The highest BCUT2D eigenvalue weighted by molar-refractivity contribution is 7.18. The number of unbranched alkanes of at least 4 members (excludes halogenated alkanes) is 1. The molecule has 2 aromatic heterocycles. The number of carbonyl (C=O) groups excluding carboxylic acids is 1. The van der Waals surface area contributed by atoms with Crippen molar-refractivity contribution in [2.75, 3.05) is 20.6 Å². The Hall–Kier alpha value is -2.18. The van der Waals surface area contributed by atoms with Crippen molar-refractivity contribution >= 4 is 27.5 Å². The standard InChI is InChI=1S/C20H25N3O2S/c1-23(2)16(17-9-7-13-25-17)14-21-19(24)11-5-6-12-20-22-15-8-3-4-10-18(15)26-20/h3-4,7-10,13,16H,5-6,11-12,14H2,1-2H3,(H,21,24). The Bertz CT molecular complexity index is 794. The van der Waals surface area contributed by atoms with Gasteiger partial charge in [-0.05, 0) is 57.6 Å². The number of hydrogen-bond donors (Lipinski definition) is 1. The molecule has 0 aliphatic carbocycles. The zero-order valence-corrected chi connectivity index (χ0v) is 16.1. The highest BCUT2D eigenvalue weighted by Crippen LogP contribution is 2.23. The molecular formula is C20H25N3O2S. The topological polar surface area (TPSA) is 58.4 Å². The molecule has 26 heavy (non-hydrogen) atoms. The molecule has 1 unspecified atom stereocenters. The number of para-hydroxylation sites is 1. The largest absolute Gasteiger partial charge is 0.468 e. The van der Waals surface area contributed by atoms with Gasteiger partial charge in [-0.2, -0.15) is 0 Å². The van der Waals surface area contributed by atoms with E-state index < -0.39 is 0 Å². The molecule has 0 spiro atoms. The first kappa shape index (κ1) is 18.6. The van der Waals surface area contributed by atoms with Crippen molar-refractivity contribution in [3.05, 3.63) is 53.4 Å². The second-order valence-electron chi connectivity index (χ2n) is 6.58. The quantitative estimate of drug-likeness (QED) is 0.577. The van der Waals surface area contributed by atoms with Gasteiger partial charge in [0, 0.05) is 13.0 Å². The lowest BCUT2D eigenvalue weighted by Crippen LogP contribution is -2.34. The number of nitrogens with one attached hydrogen (secondary N) is 1. The van der Waals surface area contributed by atoms with Crippen LogP contribution in [0.15, 0.2) is 47.1 Å². The van der Waals surface area contributed by atoms with E-state index in [9.17, 15) is 4.79 Å². The van der Waals surface area contributed by atoms with Gasteiger partial charge in [-0.1, -0.05) is 12.1 Å². The van der Waals surface area contributed by atoms with E-state index in [1.54, 1.807) is 17.6 Å². The van der Waals surface area contributed by atoms with Crippen LogP contribution in [-0.4, -0.2) is 36.4 Å². The lowest BCUT2D eigenvalue weighted by molar-refractivity contribution is -0.121. The molecule has 0 saturated carbocycles. The summed E-state index contributed by atoms with van der Waals surface area (Å²) in [6.07, 6.45) is 4.98. The minimum atomic E-state index is 0.0525. The second-order valence-corrected chi connectivity index (χ2v) is 7.70. The van der Waals surface area contributed by atoms with Gasteiger partial charge in [-0.15, -0.1) is 11.3 Å². The maximum absolute atomic E-state index is 12.1. The van der Waals surface area contributed by atoms with Crippen LogP contribution in [0, 0.1) is 0 Å². The molecule has 0 aliphatic heterocycles. The maximum Gasteiger partial charge on any atom is 0.220 e. The number of thiazole rings is 1. The lowest BCUT2D eigenvalue weighted by atomic mass is 10.1. The Kier molecular flexibility index (Phi) is 6.41. The van der Waals surface area contributed by atoms with E-state index in [2.05, 4.69) is 16.4 Å². The SMILES string of the molecule is CN(C)C(CNC(=O)CCCCc1nc2ccccc2s1)c1ccco1. The Morgan fingerprint density at radius 3 is 2.81 bits per heavy atom. The van der Waals surface area contributed by atoms with Gasteiger partial charge in [0.25, 0.3) is 0 Å². The monoisotopic (exact) mass is 371 g/mol. The first-order valence-corrected chi connectivity index (χ1v) is 9.76. The molecule has 0 aliphatic rings. The fourth-order valence-electron chi connectivity index (χ4n) is 2.91. The maximum atomic E-state index is 12.1. The van der Waals surface area contributed by atoms with Gasteiger partial charge in [0.05, 0.1) is 27.5 Å². The van der Waals surface area contributed by atoms with Gasteiger partial charge in [-0.3, -0.25) is 9.69 Å². The summed E-state index contributed by atoms with van der Waals surface area (Å²) >= 11 is 1.74. The molecule has 0 saturated heterocycles. The van der Waals surface area contributed by atoms with E-state index in [4.69, 9.17) is 4.42 Å². The molecule has 6 heteroatoms. The second kappa shape index (κ2) is 8.96. The van der Waals surface area contributed by atoms with Crippen LogP contribution in [0.2, 0.25) is 0 Å². The fraction of sp³-hybridized carbons (Fsp3) is 0.400. The molecule has 3 rings (SSSR count). The zero-order chi connectivity index (χ0) is 18.4. The molecule has 1 aromatic carbocycles. The van der Waals surface area contributed by atoms with Gasteiger partial charge < -0.3 is 9.73 Å². The van der Waals surface area contributed by atoms with E-state index in [1.165, 1.54) is 4.70 Å². The Balaban J connectivity index is 1.38. The molecule has 1 N–H and O–H groups in total. The summed E-state index contributed by atoms with van der Waals surface area (Å²) in [5.74, 6) is 0.957. The van der Waals surface area contributed by atoms with Crippen molar-refractivity contribution in [3.8, 4) is 0 Å². The van der Waals surface area contributed by atoms with Crippen LogP contribution in [0.1, 0.15) is 36.1 Å². The molecule has 0 bridgehead atoms. The summed E-state index contributed by atoms with van der Waals surface area (Å²) in [5.41, 5.74) is 1.07. The molecule has 5 nitrogen and oxygen atoms in total. The lowest BCUT2D eigenvalue weighted by Gasteiger charge is -2.22. The molecule has 2 heterocycles. The highest BCUT2D eigenvalue weighted by atomic mass is 32.1. The third kappa shape index (κ3) is 4.93. The van der Waals surface area contributed by atoms with Crippen molar-refractivity contribution in [3.63, 3.8) is 0 Å². The van der Waals surface area contributed by atoms with Crippen molar-refractivity contribution in [1.29, 1.82) is 0 Å². The molecular weight excluding hydrogens is 346 g/mol. The molecule has 0 radical (unpaired) electrons. The van der Waals surface area contributed by atoms with E-state index in [0.717, 1.165) is 35.5 Å². The van der Waals surface area contributed by atoms with Gasteiger partial charge in [0.2, 0.25) is 5.91 Å². The zero-order valence-electron chi connectivity index (χ0n) is 15.3. The summed E-state index contributed by atoms with van der Waals surface area (Å²) in [6.45, 7) is 0.553. The summed E-state index contributed by atoms with van der Waals surface area (Å²) < 4.78 is 6.69. The smallest absolute Gasteiger partial charge is 0.220 e. The Morgan fingerprint density at radius 1 is 1.23 bits per heavy atom. The average molecular weight is 372 g/mol. The summed E-state index contributed by atoms with van der Waals surface area (Å²) in [4.78, 5) is 18.8. The number of likely N-dealkylation sites (N-methyl/N-ethyl adjacent to an activating group) is 1. The number of benzene rings is 1. The van der Waals surface area contributed by atoms with Crippen LogP contribution in [0.5, 0.6) is 0 Å². The van der Waals surface area contributed by atoms with Crippen LogP contribution in [0.3, 0.4) is 0 Å². The fourth-order valence-corrected chi connectivity index (χ4v) is 3.92. The number of amides is 1. The molecule has 1 atom stereocenters. The van der Waals surface area contributed by atoms with E-state index in [0.29, 0.717) is 13.0 Å². The third-order valence-electron chi connectivity index (χ3n) is 4.37. The van der Waals surface area contributed by atoms with Crippen LogP contribution in [0.4, 0.5) is 0 Å². The molecule has 1 amide bonds. The van der Waals surface area contributed by atoms with E-state index in [1.807, 2.05) is 49.3 Å². The molecule has 3 aromatic rings. The average Bonchev–Trinajstić information content (AvgIpc) is 3.28. The molecule has 138 valence electrons. The predicted octanol–water partition coefficient (Wildman–Crippen LogP) is 4.02. The van der Waals surface area contributed by atoms with Crippen LogP contribution < -0.4 is 5.32 Å². The van der Waals surface area contributed by atoms with Crippen LogP contribution in [-0.2, 0) is 11.2 Å². The van der Waals surface area contributed by atoms with Gasteiger partial charge in [0.15, 0.2) is 0 Å². The summed E-state index contributed by atoms with van der Waals surface area (Å²) in [5, 5.41) is 4.17. The van der Waals surface area contributed by atoms with Crippen LogP contribution >= 0.6 is 11.3 Å². The molecule has 0 fully saturated rings. The summed E-state index contributed by atoms with van der Waals surface area (Å²) in [7, 11) is 3.97. The number of rotatable bonds is 9. The highest BCUT2D eigenvalue weighted by Gasteiger charge is 2.17. The van der Waals surface area contributed by atoms with Gasteiger partial charge in [-0.25, -0.2) is 4.98 Å². The number of hydrogen-bond acceptors (Lipinski definition) is 5. The third-order valence-corrected chi connectivity index (χ3v) is 5.47. The normalized spacial score (nSPS) is 12.6. The number of nitrogens with zero attached hydrogens (tertiary/aromatic N) is 2. The minimum absolute atomic E-state index is 0.0525. The number of carbonyl (C=O) groups is 1.